The number of benzene rings is 2. The molecule has 0 aliphatic carbocycles. The average Bonchev–Trinajstić information content (AvgIpc) is 2.83. The Balaban J connectivity index is 2.14. The fourth-order valence-electron chi connectivity index (χ4n) is 3.57. The Morgan fingerprint density at radius 2 is 1.64 bits per heavy atom. The second kappa shape index (κ2) is 13.6. The normalized spacial score (nSPS) is 12.2. The van der Waals surface area contributed by atoms with Crippen molar-refractivity contribution in [3.63, 3.8) is 0 Å². The number of amides is 2. The lowest BCUT2D eigenvalue weighted by molar-refractivity contribution is -0.140. The Bertz CT molecular complexity index is 1110. The molecule has 0 spiro atoms. The zero-order valence-corrected chi connectivity index (χ0v) is 23.9. The van der Waals surface area contributed by atoms with Crippen molar-refractivity contribution in [2.45, 2.75) is 46.2 Å². The number of hydrogen-bond acceptors (Lipinski definition) is 5. The van der Waals surface area contributed by atoms with Gasteiger partial charge in [-0.05, 0) is 61.2 Å². The highest BCUT2D eigenvalue weighted by Gasteiger charge is 2.26. The molecule has 0 aromatic heterocycles. The van der Waals surface area contributed by atoms with Crippen LogP contribution < -0.4 is 14.4 Å². The zero-order chi connectivity index (χ0) is 26.9. The fraction of sp³-hybridized carbons (Fsp3) is 0.462. The number of hydrogen-bond donors (Lipinski definition) is 1. The molecule has 0 fully saturated rings. The van der Waals surface area contributed by atoms with E-state index in [1.165, 1.54) is 4.31 Å². The van der Waals surface area contributed by atoms with E-state index in [0.29, 0.717) is 24.4 Å². The SMILES string of the molecule is COc1ccc(N(CCCC(=O)N(Cc2ccc(Br)cc2)[C@H](C)C(=O)NCC(C)C)S(C)(=O)=O)cc1. The summed E-state index contributed by atoms with van der Waals surface area (Å²) >= 11 is 3.41. The van der Waals surface area contributed by atoms with Crippen LogP contribution in [0.2, 0.25) is 0 Å². The van der Waals surface area contributed by atoms with Crippen molar-refractivity contribution in [3.05, 3.63) is 58.6 Å². The molecule has 2 aromatic rings. The van der Waals surface area contributed by atoms with Gasteiger partial charge in [0, 0.05) is 30.5 Å². The monoisotopic (exact) mass is 581 g/mol. The molecular weight excluding hydrogens is 546 g/mol. The summed E-state index contributed by atoms with van der Waals surface area (Å²) in [5.41, 5.74) is 1.39. The lowest BCUT2D eigenvalue weighted by Gasteiger charge is -2.29. The van der Waals surface area contributed by atoms with Crippen molar-refractivity contribution in [3.8, 4) is 5.75 Å². The highest BCUT2D eigenvalue weighted by molar-refractivity contribution is 9.10. The van der Waals surface area contributed by atoms with Crippen molar-refractivity contribution in [1.82, 2.24) is 10.2 Å². The largest absolute Gasteiger partial charge is 0.497 e. The number of rotatable bonds is 13. The van der Waals surface area contributed by atoms with Gasteiger partial charge in [-0.25, -0.2) is 8.42 Å². The van der Waals surface area contributed by atoms with Crippen LogP contribution in [-0.4, -0.2) is 57.6 Å². The molecule has 10 heteroatoms. The first kappa shape index (κ1) is 29.6. The van der Waals surface area contributed by atoms with E-state index in [0.717, 1.165) is 16.3 Å². The van der Waals surface area contributed by atoms with Gasteiger partial charge in [-0.3, -0.25) is 13.9 Å². The zero-order valence-electron chi connectivity index (χ0n) is 21.5. The van der Waals surface area contributed by atoms with E-state index in [2.05, 4.69) is 21.2 Å². The van der Waals surface area contributed by atoms with Gasteiger partial charge in [0.1, 0.15) is 11.8 Å². The van der Waals surface area contributed by atoms with Gasteiger partial charge in [0.25, 0.3) is 0 Å². The molecular formula is C26H36BrN3O5S. The van der Waals surface area contributed by atoms with Crippen LogP contribution in [0.25, 0.3) is 0 Å². The van der Waals surface area contributed by atoms with Gasteiger partial charge in [0.05, 0.1) is 19.1 Å². The summed E-state index contributed by atoms with van der Waals surface area (Å²) in [6.07, 6.45) is 1.54. The highest BCUT2D eigenvalue weighted by atomic mass is 79.9. The van der Waals surface area contributed by atoms with Gasteiger partial charge in [0.15, 0.2) is 0 Å². The number of nitrogens with zero attached hydrogens (tertiary/aromatic N) is 2. The quantitative estimate of drug-likeness (QED) is 0.382. The van der Waals surface area contributed by atoms with E-state index in [1.807, 2.05) is 38.1 Å². The summed E-state index contributed by atoms with van der Waals surface area (Å²) in [6.45, 7) is 6.66. The molecule has 2 amide bonds. The Morgan fingerprint density at radius 1 is 1.03 bits per heavy atom. The maximum Gasteiger partial charge on any atom is 0.242 e. The third kappa shape index (κ3) is 9.13. The molecule has 0 saturated carbocycles. The molecule has 0 heterocycles. The molecule has 0 aliphatic heterocycles. The average molecular weight is 583 g/mol. The van der Waals surface area contributed by atoms with E-state index < -0.39 is 16.1 Å². The van der Waals surface area contributed by atoms with E-state index in [4.69, 9.17) is 4.74 Å². The molecule has 198 valence electrons. The van der Waals surface area contributed by atoms with E-state index >= 15 is 0 Å². The second-order valence-corrected chi connectivity index (χ2v) is 11.9. The van der Waals surface area contributed by atoms with Crippen molar-refractivity contribution in [1.29, 1.82) is 0 Å². The summed E-state index contributed by atoms with van der Waals surface area (Å²) in [7, 11) is -2.01. The number of ether oxygens (including phenoxy) is 1. The minimum atomic E-state index is -3.55. The Kier molecular flexibility index (Phi) is 11.2. The molecule has 36 heavy (non-hydrogen) atoms. The lowest BCUT2D eigenvalue weighted by atomic mass is 10.1. The molecule has 0 saturated heterocycles. The minimum absolute atomic E-state index is 0.0977. The smallest absolute Gasteiger partial charge is 0.242 e. The molecule has 1 atom stereocenters. The van der Waals surface area contributed by atoms with Crippen LogP contribution in [0.3, 0.4) is 0 Å². The van der Waals surface area contributed by atoms with Crippen molar-refractivity contribution >= 4 is 43.5 Å². The van der Waals surface area contributed by atoms with Gasteiger partial charge in [0.2, 0.25) is 21.8 Å². The molecule has 2 rings (SSSR count). The topological polar surface area (TPSA) is 96.0 Å². The molecule has 2 aromatic carbocycles. The third-order valence-electron chi connectivity index (χ3n) is 5.63. The van der Waals surface area contributed by atoms with E-state index in [9.17, 15) is 18.0 Å². The first-order chi connectivity index (χ1) is 16.9. The predicted octanol–water partition coefficient (Wildman–Crippen LogP) is 4.19. The van der Waals surface area contributed by atoms with Crippen molar-refractivity contribution in [2.75, 3.05) is 30.8 Å². The first-order valence-corrected chi connectivity index (χ1v) is 14.5. The van der Waals surface area contributed by atoms with Crippen LogP contribution in [0, 0.1) is 5.92 Å². The van der Waals surface area contributed by atoms with Gasteiger partial charge in [-0.15, -0.1) is 0 Å². The number of methoxy groups -OCH3 is 1. The number of nitrogens with one attached hydrogen (secondary N) is 1. The number of carbonyl (C=O) groups is 2. The lowest BCUT2D eigenvalue weighted by Crippen LogP contribution is -2.48. The van der Waals surface area contributed by atoms with Crippen LogP contribution >= 0.6 is 15.9 Å². The predicted molar refractivity (Wildman–Crippen MR) is 146 cm³/mol. The minimum Gasteiger partial charge on any atom is -0.497 e. The van der Waals surface area contributed by atoms with Gasteiger partial charge >= 0.3 is 0 Å². The maximum absolute atomic E-state index is 13.3. The van der Waals surface area contributed by atoms with Crippen LogP contribution in [0.1, 0.15) is 39.2 Å². The first-order valence-electron chi connectivity index (χ1n) is 11.9. The van der Waals surface area contributed by atoms with Gasteiger partial charge in [-0.2, -0.15) is 0 Å². The summed E-state index contributed by atoms with van der Waals surface area (Å²) in [5.74, 6) is 0.478. The fourth-order valence-corrected chi connectivity index (χ4v) is 4.80. The molecule has 0 radical (unpaired) electrons. The third-order valence-corrected chi connectivity index (χ3v) is 7.35. The Hall–Kier alpha value is -2.59. The summed E-state index contributed by atoms with van der Waals surface area (Å²) < 4.78 is 32.2. The van der Waals surface area contributed by atoms with Crippen LogP contribution in [-0.2, 0) is 26.2 Å². The summed E-state index contributed by atoms with van der Waals surface area (Å²) in [4.78, 5) is 27.6. The van der Waals surface area contributed by atoms with Crippen LogP contribution in [0.4, 0.5) is 5.69 Å². The molecule has 0 unspecified atom stereocenters. The number of carbonyl (C=O) groups excluding carboxylic acids is 2. The Morgan fingerprint density at radius 3 is 2.17 bits per heavy atom. The van der Waals surface area contributed by atoms with Gasteiger partial charge < -0.3 is 15.0 Å². The molecule has 0 bridgehead atoms. The van der Waals surface area contributed by atoms with Crippen LogP contribution in [0.5, 0.6) is 5.75 Å². The molecule has 8 nitrogen and oxygen atoms in total. The number of halogens is 1. The Labute approximate surface area is 223 Å². The van der Waals surface area contributed by atoms with Crippen LogP contribution in [0.15, 0.2) is 53.0 Å². The van der Waals surface area contributed by atoms with E-state index in [-0.39, 0.29) is 37.2 Å². The molecule has 1 N–H and O–H groups in total. The van der Waals surface area contributed by atoms with E-state index in [1.54, 1.807) is 43.2 Å². The number of anilines is 1. The molecule has 0 aliphatic rings. The number of sulfonamides is 1. The van der Waals surface area contributed by atoms with Crippen molar-refractivity contribution in [2.24, 2.45) is 5.92 Å². The van der Waals surface area contributed by atoms with Gasteiger partial charge in [-0.1, -0.05) is 41.9 Å². The summed E-state index contributed by atoms with van der Waals surface area (Å²) in [5, 5.41) is 2.90. The second-order valence-electron chi connectivity index (χ2n) is 9.10. The standard InChI is InChI=1S/C26H36BrN3O5S/c1-19(2)17-28-26(32)20(3)29(18-21-8-10-22(27)11-9-21)25(31)7-6-16-30(36(5,33)34)23-12-14-24(35-4)15-13-23/h8-15,19-20H,6-7,16-18H2,1-5H3,(H,28,32)/t20-/m1/s1. The maximum atomic E-state index is 13.3. The van der Waals surface area contributed by atoms with Crippen molar-refractivity contribution < 1.29 is 22.7 Å². The highest BCUT2D eigenvalue weighted by Crippen LogP contribution is 2.22. The summed E-state index contributed by atoms with van der Waals surface area (Å²) in [6, 6.07) is 13.6.